The fourth-order valence-electron chi connectivity index (χ4n) is 0.588. The van der Waals surface area contributed by atoms with Crippen molar-refractivity contribution in [3.63, 3.8) is 0 Å². The van der Waals surface area contributed by atoms with Gasteiger partial charge in [-0.1, -0.05) is 0 Å². The molecule has 1 amide bonds. The standard InChI is InChI=1S/C8H18N2O2/c1-6(9-4)7(11)10-5-8(2,3)12/h6,9,12H,5H2,1-4H3,(H,10,11). The lowest BCUT2D eigenvalue weighted by Crippen LogP contribution is -2.45. The summed E-state index contributed by atoms with van der Waals surface area (Å²) in [6.07, 6.45) is 0. The van der Waals surface area contributed by atoms with Crippen molar-refractivity contribution in [3.8, 4) is 0 Å². The van der Waals surface area contributed by atoms with E-state index in [1.54, 1.807) is 27.8 Å². The second-order valence-electron chi connectivity index (χ2n) is 3.54. The van der Waals surface area contributed by atoms with Crippen LogP contribution in [0.1, 0.15) is 20.8 Å². The molecule has 0 fully saturated rings. The summed E-state index contributed by atoms with van der Waals surface area (Å²) in [4.78, 5) is 11.1. The molecule has 12 heavy (non-hydrogen) atoms. The Balaban J connectivity index is 3.72. The number of carbonyl (C=O) groups excluding carboxylic acids is 1. The third-order valence-corrected chi connectivity index (χ3v) is 1.52. The number of aliphatic hydroxyl groups is 1. The SMILES string of the molecule is CNC(C)C(=O)NCC(C)(C)O. The number of nitrogens with one attached hydrogen (secondary N) is 2. The van der Waals surface area contributed by atoms with Crippen molar-refractivity contribution >= 4 is 5.91 Å². The molecule has 0 heterocycles. The second kappa shape index (κ2) is 4.42. The normalized spacial score (nSPS) is 14.1. The zero-order chi connectivity index (χ0) is 9.78. The predicted octanol–water partition coefficient (Wildman–Crippen LogP) is -0.519. The van der Waals surface area contributed by atoms with Crippen molar-refractivity contribution < 1.29 is 9.90 Å². The topological polar surface area (TPSA) is 61.4 Å². The van der Waals surface area contributed by atoms with Crippen LogP contribution in [0.15, 0.2) is 0 Å². The molecule has 0 rings (SSSR count). The molecule has 0 aromatic carbocycles. The van der Waals surface area contributed by atoms with Gasteiger partial charge in [0.15, 0.2) is 0 Å². The molecule has 1 unspecified atom stereocenters. The van der Waals surface area contributed by atoms with Gasteiger partial charge >= 0.3 is 0 Å². The van der Waals surface area contributed by atoms with Gasteiger partial charge in [0.2, 0.25) is 5.91 Å². The van der Waals surface area contributed by atoms with Crippen molar-refractivity contribution in [1.29, 1.82) is 0 Å². The van der Waals surface area contributed by atoms with E-state index < -0.39 is 5.60 Å². The van der Waals surface area contributed by atoms with Gasteiger partial charge in [0.25, 0.3) is 0 Å². The zero-order valence-electron chi connectivity index (χ0n) is 8.14. The highest BCUT2D eigenvalue weighted by molar-refractivity contribution is 5.81. The Bertz CT molecular complexity index is 152. The molecule has 0 aromatic heterocycles. The molecule has 4 nitrogen and oxygen atoms in total. The molecule has 0 radical (unpaired) electrons. The van der Waals surface area contributed by atoms with Crippen LogP contribution in [-0.4, -0.2) is 36.2 Å². The quantitative estimate of drug-likeness (QED) is 0.537. The maximum Gasteiger partial charge on any atom is 0.236 e. The first kappa shape index (κ1) is 11.4. The van der Waals surface area contributed by atoms with Gasteiger partial charge in [0.05, 0.1) is 11.6 Å². The van der Waals surface area contributed by atoms with Crippen LogP contribution in [0.2, 0.25) is 0 Å². The number of amides is 1. The Morgan fingerprint density at radius 2 is 2.08 bits per heavy atom. The van der Waals surface area contributed by atoms with Crippen LogP contribution >= 0.6 is 0 Å². The zero-order valence-corrected chi connectivity index (χ0v) is 8.14. The number of rotatable bonds is 4. The van der Waals surface area contributed by atoms with E-state index in [2.05, 4.69) is 10.6 Å². The lowest BCUT2D eigenvalue weighted by atomic mass is 10.1. The number of hydrogen-bond acceptors (Lipinski definition) is 3. The van der Waals surface area contributed by atoms with Crippen LogP contribution in [0.25, 0.3) is 0 Å². The fraction of sp³-hybridized carbons (Fsp3) is 0.875. The van der Waals surface area contributed by atoms with Crippen LogP contribution < -0.4 is 10.6 Å². The summed E-state index contributed by atoms with van der Waals surface area (Å²) in [5.74, 6) is -0.0976. The van der Waals surface area contributed by atoms with E-state index in [-0.39, 0.29) is 18.5 Å². The maximum absolute atomic E-state index is 11.1. The van der Waals surface area contributed by atoms with Gasteiger partial charge in [-0.15, -0.1) is 0 Å². The Kier molecular flexibility index (Phi) is 4.20. The van der Waals surface area contributed by atoms with E-state index in [1.807, 2.05) is 0 Å². The van der Waals surface area contributed by atoms with Gasteiger partial charge in [-0.2, -0.15) is 0 Å². The fourth-order valence-corrected chi connectivity index (χ4v) is 0.588. The third kappa shape index (κ3) is 5.09. The maximum atomic E-state index is 11.1. The summed E-state index contributed by atoms with van der Waals surface area (Å²) < 4.78 is 0. The average Bonchev–Trinajstić information content (AvgIpc) is 1.97. The minimum absolute atomic E-state index is 0.0976. The van der Waals surface area contributed by atoms with E-state index in [9.17, 15) is 9.90 Å². The summed E-state index contributed by atoms with van der Waals surface area (Å²) in [5, 5.41) is 14.7. The van der Waals surface area contributed by atoms with E-state index in [0.717, 1.165) is 0 Å². The summed E-state index contributed by atoms with van der Waals surface area (Å²) in [6.45, 7) is 5.34. The third-order valence-electron chi connectivity index (χ3n) is 1.52. The van der Waals surface area contributed by atoms with Gasteiger partial charge in [-0.25, -0.2) is 0 Å². The van der Waals surface area contributed by atoms with Crippen LogP contribution in [0, 0.1) is 0 Å². The molecular weight excluding hydrogens is 156 g/mol. The van der Waals surface area contributed by atoms with Gasteiger partial charge in [0.1, 0.15) is 0 Å². The van der Waals surface area contributed by atoms with E-state index >= 15 is 0 Å². The molecule has 0 aliphatic rings. The first-order chi connectivity index (χ1) is 5.37. The van der Waals surface area contributed by atoms with Crippen LogP contribution in [-0.2, 0) is 4.79 Å². The minimum atomic E-state index is -0.844. The number of carbonyl (C=O) groups is 1. The van der Waals surface area contributed by atoms with Crippen molar-refractivity contribution in [2.75, 3.05) is 13.6 Å². The van der Waals surface area contributed by atoms with Crippen LogP contribution in [0.4, 0.5) is 0 Å². The Morgan fingerprint density at radius 3 is 2.42 bits per heavy atom. The summed E-state index contributed by atoms with van der Waals surface area (Å²) >= 11 is 0. The van der Waals surface area contributed by atoms with Gasteiger partial charge < -0.3 is 15.7 Å². The summed E-state index contributed by atoms with van der Waals surface area (Å²) in [5.41, 5.74) is -0.844. The summed E-state index contributed by atoms with van der Waals surface area (Å²) in [6, 6.07) is -0.215. The van der Waals surface area contributed by atoms with Crippen LogP contribution in [0.3, 0.4) is 0 Å². The van der Waals surface area contributed by atoms with Gasteiger partial charge in [-0.3, -0.25) is 4.79 Å². The molecule has 0 aromatic rings. The second-order valence-corrected chi connectivity index (χ2v) is 3.54. The highest BCUT2D eigenvalue weighted by Crippen LogP contribution is 1.97. The molecule has 0 bridgehead atoms. The molecule has 0 aliphatic heterocycles. The first-order valence-electron chi connectivity index (χ1n) is 4.04. The van der Waals surface area contributed by atoms with Crippen molar-refractivity contribution in [2.24, 2.45) is 0 Å². The Hall–Kier alpha value is -0.610. The van der Waals surface area contributed by atoms with Crippen LogP contribution in [0.5, 0.6) is 0 Å². The molecule has 72 valence electrons. The molecule has 3 N–H and O–H groups in total. The number of likely N-dealkylation sites (N-methyl/N-ethyl adjacent to an activating group) is 1. The molecule has 4 heteroatoms. The van der Waals surface area contributed by atoms with E-state index in [4.69, 9.17) is 0 Å². The van der Waals surface area contributed by atoms with Gasteiger partial charge in [-0.05, 0) is 27.8 Å². The molecule has 0 spiro atoms. The van der Waals surface area contributed by atoms with E-state index in [1.165, 1.54) is 0 Å². The predicted molar refractivity (Wildman–Crippen MR) is 47.8 cm³/mol. The average molecular weight is 174 g/mol. The monoisotopic (exact) mass is 174 g/mol. The van der Waals surface area contributed by atoms with Gasteiger partial charge in [0, 0.05) is 6.54 Å². The molecule has 0 aliphatic carbocycles. The largest absolute Gasteiger partial charge is 0.389 e. The highest BCUT2D eigenvalue weighted by Gasteiger charge is 2.16. The molecule has 1 atom stereocenters. The molecule has 0 saturated carbocycles. The Labute approximate surface area is 73.3 Å². The molecule has 0 saturated heterocycles. The summed E-state index contributed by atoms with van der Waals surface area (Å²) in [7, 11) is 1.72. The number of hydrogen-bond donors (Lipinski definition) is 3. The first-order valence-corrected chi connectivity index (χ1v) is 4.04. The molecular formula is C8H18N2O2. The minimum Gasteiger partial charge on any atom is -0.389 e. The van der Waals surface area contributed by atoms with E-state index in [0.29, 0.717) is 0 Å². The lowest BCUT2D eigenvalue weighted by molar-refractivity contribution is -0.123. The Morgan fingerprint density at radius 1 is 1.58 bits per heavy atom. The van der Waals surface area contributed by atoms with Crippen molar-refractivity contribution in [1.82, 2.24) is 10.6 Å². The lowest BCUT2D eigenvalue weighted by Gasteiger charge is -2.19. The smallest absolute Gasteiger partial charge is 0.236 e. The van der Waals surface area contributed by atoms with Crippen molar-refractivity contribution in [3.05, 3.63) is 0 Å². The van der Waals surface area contributed by atoms with Crippen molar-refractivity contribution in [2.45, 2.75) is 32.4 Å². The highest BCUT2D eigenvalue weighted by atomic mass is 16.3.